The Morgan fingerprint density at radius 3 is 2.79 bits per heavy atom. The highest BCUT2D eigenvalue weighted by Crippen LogP contribution is 2.37. The standard InChI is InChI=1S/C11H11BrOS/c1-3-7-4-8-6-10(13-2)14-11(8)9(12)5-7/h4-6H,3H2,1-2H3. The van der Waals surface area contributed by atoms with Crippen molar-refractivity contribution in [2.45, 2.75) is 13.3 Å². The summed E-state index contributed by atoms with van der Waals surface area (Å²) in [7, 11) is 1.71. The number of halogens is 1. The number of aryl methyl sites for hydroxylation is 1. The fourth-order valence-corrected chi connectivity index (χ4v) is 3.08. The monoisotopic (exact) mass is 270 g/mol. The van der Waals surface area contributed by atoms with Gasteiger partial charge in [0.05, 0.1) is 11.8 Å². The van der Waals surface area contributed by atoms with E-state index in [1.807, 2.05) is 0 Å². The van der Waals surface area contributed by atoms with E-state index < -0.39 is 0 Å². The fraction of sp³-hybridized carbons (Fsp3) is 0.273. The SMILES string of the molecule is CCc1cc(Br)c2sc(OC)cc2c1. The van der Waals surface area contributed by atoms with Gasteiger partial charge in [-0.05, 0) is 45.4 Å². The number of rotatable bonds is 2. The Hall–Kier alpha value is -0.540. The van der Waals surface area contributed by atoms with Gasteiger partial charge in [-0.25, -0.2) is 0 Å². The summed E-state index contributed by atoms with van der Waals surface area (Å²) in [5.41, 5.74) is 1.35. The molecule has 3 heteroatoms. The zero-order valence-electron chi connectivity index (χ0n) is 8.13. The molecule has 2 rings (SSSR count). The molecule has 0 spiro atoms. The van der Waals surface area contributed by atoms with Gasteiger partial charge in [-0.3, -0.25) is 0 Å². The van der Waals surface area contributed by atoms with E-state index in [9.17, 15) is 0 Å². The first kappa shape index (κ1) is 9.99. The van der Waals surface area contributed by atoms with Gasteiger partial charge in [-0.2, -0.15) is 0 Å². The van der Waals surface area contributed by atoms with Gasteiger partial charge in [0.1, 0.15) is 0 Å². The van der Waals surface area contributed by atoms with E-state index in [0.717, 1.165) is 11.5 Å². The Bertz CT molecular complexity index is 462. The molecule has 0 fully saturated rings. The van der Waals surface area contributed by atoms with Crippen LogP contribution in [0.15, 0.2) is 22.7 Å². The van der Waals surface area contributed by atoms with Gasteiger partial charge in [0, 0.05) is 4.47 Å². The molecule has 1 aromatic carbocycles. The van der Waals surface area contributed by atoms with Crippen molar-refractivity contribution < 1.29 is 4.74 Å². The van der Waals surface area contributed by atoms with Crippen LogP contribution in [0, 0.1) is 0 Å². The predicted molar refractivity (Wildman–Crippen MR) is 65.5 cm³/mol. The average molecular weight is 271 g/mol. The van der Waals surface area contributed by atoms with Crippen LogP contribution in [0.1, 0.15) is 12.5 Å². The quantitative estimate of drug-likeness (QED) is 0.794. The van der Waals surface area contributed by atoms with E-state index in [1.165, 1.54) is 20.1 Å². The second-order valence-electron chi connectivity index (χ2n) is 3.12. The van der Waals surface area contributed by atoms with Crippen LogP contribution in [-0.4, -0.2) is 7.11 Å². The normalized spacial score (nSPS) is 10.8. The lowest BCUT2D eigenvalue weighted by molar-refractivity contribution is 0.427. The Labute approximate surface area is 95.8 Å². The maximum absolute atomic E-state index is 5.23. The lowest BCUT2D eigenvalue weighted by atomic mass is 10.1. The fourth-order valence-electron chi connectivity index (χ4n) is 1.45. The van der Waals surface area contributed by atoms with Crippen molar-refractivity contribution in [2.75, 3.05) is 7.11 Å². The number of hydrogen-bond donors (Lipinski definition) is 0. The highest BCUT2D eigenvalue weighted by atomic mass is 79.9. The molecule has 0 N–H and O–H groups in total. The smallest absolute Gasteiger partial charge is 0.174 e. The number of fused-ring (bicyclic) bond motifs is 1. The first-order valence-corrected chi connectivity index (χ1v) is 6.11. The van der Waals surface area contributed by atoms with Crippen molar-refractivity contribution in [1.82, 2.24) is 0 Å². The van der Waals surface area contributed by atoms with E-state index in [1.54, 1.807) is 18.4 Å². The highest BCUT2D eigenvalue weighted by Gasteiger charge is 2.06. The Morgan fingerprint density at radius 2 is 2.14 bits per heavy atom. The lowest BCUT2D eigenvalue weighted by Gasteiger charge is -1.98. The van der Waals surface area contributed by atoms with Crippen molar-refractivity contribution in [2.24, 2.45) is 0 Å². The summed E-state index contributed by atoms with van der Waals surface area (Å²) in [6.07, 6.45) is 1.06. The maximum Gasteiger partial charge on any atom is 0.174 e. The van der Waals surface area contributed by atoms with Crippen molar-refractivity contribution in [1.29, 1.82) is 0 Å². The summed E-state index contributed by atoms with van der Waals surface area (Å²) in [5.74, 6) is 0. The number of ether oxygens (including phenoxy) is 1. The van der Waals surface area contributed by atoms with E-state index in [4.69, 9.17) is 4.74 Å². The zero-order valence-corrected chi connectivity index (χ0v) is 10.5. The van der Waals surface area contributed by atoms with Crippen molar-refractivity contribution in [3.63, 3.8) is 0 Å². The Balaban J connectivity index is 2.67. The highest BCUT2D eigenvalue weighted by molar-refractivity contribution is 9.10. The summed E-state index contributed by atoms with van der Waals surface area (Å²) in [5, 5.41) is 2.23. The molecule has 2 aromatic rings. The molecule has 0 aliphatic rings. The molecule has 0 saturated heterocycles. The number of methoxy groups -OCH3 is 1. The summed E-state index contributed by atoms with van der Waals surface area (Å²) in [6, 6.07) is 6.49. The van der Waals surface area contributed by atoms with Gasteiger partial charge in [0.2, 0.25) is 0 Å². The third-order valence-electron chi connectivity index (χ3n) is 2.22. The molecule has 74 valence electrons. The van der Waals surface area contributed by atoms with E-state index in [0.29, 0.717) is 0 Å². The Morgan fingerprint density at radius 1 is 1.36 bits per heavy atom. The van der Waals surface area contributed by atoms with Crippen LogP contribution < -0.4 is 4.74 Å². The molecule has 14 heavy (non-hydrogen) atoms. The predicted octanol–water partition coefficient (Wildman–Crippen LogP) is 4.23. The molecular formula is C11H11BrOS. The third kappa shape index (κ3) is 1.66. The van der Waals surface area contributed by atoms with Crippen molar-refractivity contribution >= 4 is 37.4 Å². The lowest BCUT2D eigenvalue weighted by Crippen LogP contribution is -1.78. The van der Waals surface area contributed by atoms with E-state index >= 15 is 0 Å². The van der Waals surface area contributed by atoms with Crippen LogP contribution in [0.3, 0.4) is 0 Å². The maximum atomic E-state index is 5.23. The number of thiophene rings is 1. The minimum atomic E-state index is 0.967. The van der Waals surface area contributed by atoms with Crippen LogP contribution in [-0.2, 0) is 6.42 Å². The van der Waals surface area contributed by atoms with Gasteiger partial charge in [-0.15, -0.1) is 0 Å². The molecular weight excluding hydrogens is 260 g/mol. The summed E-state index contributed by atoms with van der Waals surface area (Å²) < 4.78 is 7.66. The summed E-state index contributed by atoms with van der Waals surface area (Å²) >= 11 is 5.26. The molecule has 0 aliphatic carbocycles. The minimum absolute atomic E-state index is 0.967. The van der Waals surface area contributed by atoms with Crippen molar-refractivity contribution in [3.05, 3.63) is 28.2 Å². The molecule has 0 bridgehead atoms. The van der Waals surface area contributed by atoms with Crippen LogP contribution >= 0.6 is 27.3 Å². The van der Waals surface area contributed by atoms with E-state index in [-0.39, 0.29) is 0 Å². The van der Waals surface area contributed by atoms with E-state index in [2.05, 4.69) is 41.1 Å². The van der Waals surface area contributed by atoms with Crippen LogP contribution in [0.4, 0.5) is 0 Å². The third-order valence-corrected chi connectivity index (χ3v) is 4.25. The van der Waals surface area contributed by atoms with Gasteiger partial charge in [0.25, 0.3) is 0 Å². The largest absolute Gasteiger partial charge is 0.487 e. The number of benzene rings is 1. The Kier molecular flexibility index (Phi) is 2.79. The van der Waals surface area contributed by atoms with Crippen LogP contribution in [0.25, 0.3) is 10.1 Å². The van der Waals surface area contributed by atoms with Gasteiger partial charge >= 0.3 is 0 Å². The number of hydrogen-bond acceptors (Lipinski definition) is 2. The van der Waals surface area contributed by atoms with Gasteiger partial charge < -0.3 is 4.74 Å². The molecule has 1 heterocycles. The van der Waals surface area contributed by atoms with Gasteiger partial charge in [-0.1, -0.05) is 24.3 Å². The molecule has 0 unspecified atom stereocenters. The van der Waals surface area contributed by atoms with Crippen LogP contribution in [0.5, 0.6) is 5.06 Å². The minimum Gasteiger partial charge on any atom is -0.487 e. The first-order chi connectivity index (χ1) is 6.74. The second-order valence-corrected chi connectivity index (χ2v) is 4.99. The molecule has 1 nitrogen and oxygen atoms in total. The van der Waals surface area contributed by atoms with Crippen molar-refractivity contribution in [3.8, 4) is 5.06 Å². The molecule has 0 radical (unpaired) electrons. The first-order valence-electron chi connectivity index (χ1n) is 4.50. The average Bonchev–Trinajstić information content (AvgIpc) is 2.61. The van der Waals surface area contributed by atoms with Gasteiger partial charge in [0.15, 0.2) is 5.06 Å². The summed E-state index contributed by atoms with van der Waals surface area (Å²) in [6.45, 7) is 2.16. The zero-order chi connectivity index (χ0) is 10.1. The second kappa shape index (κ2) is 3.91. The molecule has 0 saturated carbocycles. The molecule has 0 aliphatic heterocycles. The summed E-state index contributed by atoms with van der Waals surface area (Å²) in [4.78, 5) is 0. The molecule has 0 amide bonds. The molecule has 1 aromatic heterocycles. The van der Waals surface area contributed by atoms with Crippen LogP contribution in [0.2, 0.25) is 0 Å². The molecule has 0 atom stereocenters. The topological polar surface area (TPSA) is 9.23 Å².